The van der Waals surface area contributed by atoms with Gasteiger partial charge in [0.2, 0.25) is 0 Å². The van der Waals surface area contributed by atoms with Crippen LogP contribution in [0.15, 0.2) is 41.2 Å². The van der Waals surface area contributed by atoms with Gasteiger partial charge in [-0.1, -0.05) is 30.3 Å². The summed E-state index contributed by atoms with van der Waals surface area (Å²) in [5.74, 6) is 0.884. The van der Waals surface area contributed by atoms with Gasteiger partial charge in [-0.05, 0) is 30.7 Å². The SMILES string of the molecule is CCn1c(-c2nonc2N)nc2c(-c3ccccc3)ncc(CN3CCC(NC)C3)c21. The summed E-state index contributed by atoms with van der Waals surface area (Å²) in [5, 5.41) is 11.1. The van der Waals surface area contributed by atoms with Crippen molar-refractivity contribution in [2.45, 2.75) is 32.5 Å². The van der Waals surface area contributed by atoms with Crippen LogP contribution in [0.5, 0.6) is 0 Å². The molecule has 160 valence electrons. The van der Waals surface area contributed by atoms with Crippen LogP contribution >= 0.6 is 0 Å². The molecule has 0 bridgehead atoms. The van der Waals surface area contributed by atoms with E-state index in [0.717, 1.165) is 53.9 Å². The molecule has 5 rings (SSSR count). The Balaban J connectivity index is 1.69. The van der Waals surface area contributed by atoms with Crippen molar-refractivity contribution < 1.29 is 4.63 Å². The Morgan fingerprint density at radius 1 is 1.19 bits per heavy atom. The van der Waals surface area contributed by atoms with Crippen LogP contribution in [0, 0.1) is 0 Å². The van der Waals surface area contributed by atoms with E-state index in [9.17, 15) is 0 Å². The molecule has 1 aromatic carbocycles. The van der Waals surface area contributed by atoms with E-state index >= 15 is 0 Å². The average Bonchev–Trinajstić information content (AvgIpc) is 3.52. The van der Waals surface area contributed by atoms with E-state index in [2.05, 4.69) is 44.2 Å². The van der Waals surface area contributed by atoms with Gasteiger partial charge in [-0.2, -0.15) is 0 Å². The number of fused-ring (bicyclic) bond motifs is 1. The maximum atomic E-state index is 6.02. The molecule has 31 heavy (non-hydrogen) atoms. The van der Waals surface area contributed by atoms with Crippen LogP contribution in [-0.4, -0.2) is 55.9 Å². The maximum Gasteiger partial charge on any atom is 0.199 e. The van der Waals surface area contributed by atoms with Crippen LogP contribution in [0.2, 0.25) is 0 Å². The molecular formula is C22H26N8O. The lowest BCUT2D eigenvalue weighted by atomic mass is 10.1. The zero-order chi connectivity index (χ0) is 21.4. The van der Waals surface area contributed by atoms with Gasteiger partial charge in [-0.15, -0.1) is 0 Å². The minimum atomic E-state index is 0.234. The number of hydrogen-bond donors (Lipinski definition) is 2. The number of likely N-dealkylation sites (N-methyl/N-ethyl adjacent to an activating group) is 1. The summed E-state index contributed by atoms with van der Waals surface area (Å²) in [6.45, 7) is 5.69. The molecule has 3 N–H and O–H groups in total. The third-order valence-electron chi connectivity index (χ3n) is 6.01. The highest BCUT2D eigenvalue weighted by atomic mass is 16.6. The number of nitrogens with one attached hydrogen (secondary N) is 1. The fourth-order valence-electron chi connectivity index (χ4n) is 4.42. The maximum absolute atomic E-state index is 6.02. The van der Waals surface area contributed by atoms with Crippen LogP contribution in [0.25, 0.3) is 33.8 Å². The molecule has 0 saturated carbocycles. The smallest absolute Gasteiger partial charge is 0.199 e. The summed E-state index contributed by atoms with van der Waals surface area (Å²) >= 11 is 0. The van der Waals surface area contributed by atoms with Gasteiger partial charge < -0.3 is 15.6 Å². The van der Waals surface area contributed by atoms with Crippen LogP contribution in [0.4, 0.5) is 5.82 Å². The normalized spacial score (nSPS) is 17.0. The van der Waals surface area contributed by atoms with Crippen LogP contribution in [-0.2, 0) is 13.1 Å². The molecule has 9 nitrogen and oxygen atoms in total. The molecule has 1 fully saturated rings. The van der Waals surface area contributed by atoms with E-state index in [4.69, 9.17) is 20.3 Å². The third kappa shape index (κ3) is 3.45. The summed E-state index contributed by atoms with van der Waals surface area (Å²) < 4.78 is 7.00. The zero-order valence-electron chi connectivity index (χ0n) is 17.7. The number of rotatable bonds is 6. The zero-order valence-corrected chi connectivity index (χ0v) is 17.7. The molecule has 3 aromatic heterocycles. The topological polar surface area (TPSA) is 111 Å². The molecule has 1 aliphatic rings. The molecular weight excluding hydrogens is 392 g/mol. The highest BCUT2D eigenvalue weighted by molar-refractivity contribution is 5.94. The Morgan fingerprint density at radius 2 is 2.03 bits per heavy atom. The summed E-state index contributed by atoms with van der Waals surface area (Å²) in [4.78, 5) is 12.3. The number of likely N-dealkylation sites (tertiary alicyclic amines) is 1. The number of pyridine rings is 1. The van der Waals surface area contributed by atoms with Crippen molar-refractivity contribution in [3.63, 3.8) is 0 Å². The summed E-state index contributed by atoms with van der Waals surface area (Å²) in [7, 11) is 2.03. The van der Waals surface area contributed by atoms with Crippen LogP contribution < -0.4 is 11.1 Å². The highest BCUT2D eigenvalue weighted by Crippen LogP contribution is 2.34. The van der Waals surface area contributed by atoms with Gasteiger partial charge in [0.1, 0.15) is 5.52 Å². The van der Waals surface area contributed by atoms with Crippen LogP contribution in [0.1, 0.15) is 18.9 Å². The van der Waals surface area contributed by atoms with Gasteiger partial charge in [0.15, 0.2) is 17.3 Å². The first-order valence-electron chi connectivity index (χ1n) is 10.6. The first kappa shape index (κ1) is 19.7. The average molecular weight is 419 g/mol. The fourth-order valence-corrected chi connectivity index (χ4v) is 4.42. The van der Waals surface area contributed by atoms with Crippen molar-refractivity contribution in [1.82, 2.24) is 35.1 Å². The second-order valence-electron chi connectivity index (χ2n) is 7.88. The fraction of sp³-hybridized carbons (Fsp3) is 0.364. The lowest BCUT2D eigenvalue weighted by Crippen LogP contribution is -2.29. The van der Waals surface area contributed by atoms with E-state index in [1.807, 2.05) is 31.4 Å². The van der Waals surface area contributed by atoms with Crippen molar-refractivity contribution in [3.05, 3.63) is 42.1 Å². The molecule has 1 saturated heterocycles. The molecule has 0 amide bonds. The molecule has 1 atom stereocenters. The molecule has 0 spiro atoms. The van der Waals surface area contributed by atoms with Crippen molar-refractivity contribution in [1.29, 1.82) is 0 Å². The molecule has 1 aliphatic heterocycles. The second kappa shape index (κ2) is 8.09. The quantitative estimate of drug-likeness (QED) is 0.491. The van der Waals surface area contributed by atoms with Gasteiger partial charge in [-0.3, -0.25) is 9.88 Å². The predicted molar refractivity (Wildman–Crippen MR) is 119 cm³/mol. The Labute approximate surface area is 180 Å². The molecule has 4 aromatic rings. The Hall–Kier alpha value is -3.30. The molecule has 1 unspecified atom stereocenters. The largest absolute Gasteiger partial charge is 0.379 e. The van der Waals surface area contributed by atoms with Gasteiger partial charge in [0.05, 0.1) is 11.2 Å². The number of aromatic nitrogens is 5. The number of anilines is 1. The summed E-state index contributed by atoms with van der Waals surface area (Å²) in [6.07, 6.45) is 3.13. The monoisotopic (exact) mass is 418 g/mol. The van der Waals surface area contributed by atoms with E-state index < -0.39 is 0 Å². The number of imidazole rings is 1. The molecule has 0 aliphatic carbocycles. The Kier molecular flexibility index (Phi) is 5.13. The lowest BCUT2D eigenvalue weighted by Gasteiger charge is -2.18. The van der Waals surface area contributed by atoms with Crippen molar-refractivity contribution in [2.75, 3.05) is 25.9 Å². The van der Waals surface area contributed by atoms with E-state index in [1.54, 1.807) is 0 Å². The number of nitrogens with zero attached hydrogens (tertiary/aromatic N) is 6. The summed E-state index contributed by atoms with van der Waals surface area (Å²) in [6, 6.07) is 10.6. The number of aryl methyl sites for hydroxylation is 1. The van der Waals surface area contributed by atoms with Crippen molar-refractivity contribution in [2.24, 2.45) is 0 Å². The molecule has 4 heterocycles. The second-order valence-corrected chi connectivity index (χ2v) is 7.88. The number of hydrogen-bond acceptors (Lipinski definition) is 8. The minimum Gasteiger partial charge on any atom is -0.379 e. The first-order valence-corrected chi connectivity index (χ1v) is 10.6. The molecule has 0 radical (unpaired) electrons. The highest BCUT2D eigenvalue weighted by Gasteiger charge is 2.26. The number of nitrogen functional groups attached to an aromatic ring is 1. The van der Waals surface area contributed by atoms with Crippen molar-refractivity contribution in [3.8, 4) is 22.8 Å². The lowest BCUT2D eigenvalue weighted by molar-refractivity contribution is 0.310. The van der Waals surface area contributed by atoms with Crippen molar-refractivity contribution >= 4 is 16.9 Å². The first-order chi connectivity index (χ1) is 15.2. The Bertz CT molecular complexity index is 1200. The van der Waals surface area contributed by atoms with E-state index in [0.29, 0.717) is 24.1 Å². The van der Waals surface area contributed by atoms with E-state index in [-0.39, 0.29) is 5.82 Å². The van der Waals surface area contributed by atoms with E-state index in [1.165, 1.54) is 0 Å². The Morgan fingerprint density at radius 3 is 2.71 bits per heavy atom. The number of benzene rings is 1. The van der Waals surface area contributed by atoms with Gasteiger partial charge in [0, 0.05) is 49.5 Å². The van der Waals surface area contributed by atoms with Gasteiger partial charge in [0.25, 0.3) is 0 Å². The summed E-state index contributed by atoms with van der Waals surface area (Å²) in [5.41, 5.74) is 11.4. The minimum absolute atomic E-state index is 0.234. The third-order valence-corrected chi connectivity index (χ3v) is 6.01. The van der Waals surface area contributed by atoms with Gasteiger partial charge in [-0.25, -0.2) is 9.61 Å². The molecule has 9 heteroatoms. The predicted octanol–water partition coefficient (Wildman–Crippen LogP) is 2.54. The standard InChI is InChI=1S/C22H26N8O/c1-3-30-20-15(12-29-10-9-16(13-29)24-2)11-25-17(14-7-5-4-6-8-14)18(20)26-22(30)19-21(23)28-31-27-19/h4-8,11,16,24H,3,9-10,12-13H2,1-2H3,(H2,23,28). The van der Waals surface area contributed by atoms with Gasteiger partial charge >= 0.3 is 0 Å². The number of nitrogens with two attached hydrogens (primary N) is 1. The van der Waals surface area contributed by atoms with Crippen LogP contribution in [0.3, 0.4) is 0 Å².